The van der Waals surface area contributed by atoms with Gasteiger partial charge in [0.25, 0.3) is 0 Å². The summed E-state index contributed by atoms with van der Waals surface area (Å²) in [6.07, 6.45) is 6.44. The van der Waals surface area contributed by atoms with Gasteiger partial charge in [0, 0.05) is 30.6 Å². The molecule has 1 amide bonds. The molecule has 0 spiro atoms. The lowest BCUT2D eigenvalue weighted by molar-refractivity contribution is -0.115. The maximum absolute atomic E-state index is 12.9. The number of hydrogen-bond donors (Lipinski definition) is 1. The highest BCUT2D eigenvalue weighted by atomic mass is 32.2. The number of fused-ring (bicyclic) bond motifs is 1. The quantitative estimate of drug-likeness (QED) is 0.253. The van der Waals surface area contributed by atoms with Crippen LogP contribution in [0.1, 0.15) is 46.2 Å². The molecule has 242 valence electrons. The van der Waals surface area contributed by atoms with Gasteiger partial charge in [-0.2, -0.15) is 5.10 Å². The normalized spacial score (nSPS) is 18.0. The lowest BCUT2D eigenvalue weighted by Gasteiger charge is -2.40. The fourth-order valence-corrected chi connectivity index (χ4v) is 5.60. The summed E-state index contributed by atoms with van der Waals surface area (Å²) in [5.74, 6) is 0.971. The number of benzene rings is 2. The zero-order valence-corrected chi connectivity index (χ0v) is 26.8. The molecule has 12 heteroatoms. The Kier molecular flexibility index (Phi) is 10.3. The minimum absolute atomic E-state index is 0. The summed E-state index contributed by atoms with van der Waals surface area (Å²) >= 11 is -2.35. The van der Waals surface area contributed by atoms with E-state index in [1.165, 1.54) is 12.1 Å². The lowest BCUT2D eigenvalue weighted by Crippen LogP contribution is -2.52. The molecule has 10 nitrogen and oxygen atoms in total. The molecule has 2 aromatic heterocycles. The molecular formula is C33H41FN5O5S-. The zero-order chi connectivity index (χ0) is 32.1. The second kappa shape index (κ2) is 14.2. The predicted octanol–water partition coefficient (Wildman–Crippen LogP) is 5.77. The van der Waals surface area contributed by atoms with E-state index in [9.17, 15) is 17.9 Å². The number of nitrogens with one attached hydrogen (secondary N) is 1. The molecule has 1 unspecified atom stereocenters. The Morgan fingerprint density at radius 1 is 1.20 bits per heavy atom. The van der Waals surface area contributed by atoms with Crippen LogP contribution in [0.3, 0.4) is 0 Å². The Bertz CT molecular complexity index is 1680. The largest absolute Gasteiger partial charge is 0.768 e. The minimum atomic E-state index is -2.35. The molecule has 2 saturated heterocycles. The SMILES string of the molecule is Cc1cc(CC(=O)Nc2cnn(C(C)(C)C)c2)ccc1Oc1ccnc2ccc(S(=O)[O-])cc12.F[C@@H]1CCCN(C2COC2)C1.[HH]. The van der Waals surface area contributed by atoms with Crippen molar-refractivity contribution < 1.29 is 28.8 Å². The topological polar surface area (TPSA) is 122 Å². The first kappa shape index (κ1) is 32.7. The number of aromatic nitrogens is 3. The van der Waals surface area contributed by atoms with Crippen molar-refractivity contribution in [3.8, 4) is 11.5 Å². The number of amides is 1. The summed E-state index contributed by atoms with van der Waals surface area (Å²) < 4.78 is 48.5. The third-order valence-corrected chi connectivity index (χ3v) is 8.41. The lowest BCUT2D eigenvalue weighted by atomic mass is 10.1. The third kappa shape index (κ3) is 8.51. The maximum atomic E-state index is 12.9. The molecule has 4 heterocycles. The summed E-state index contributed by atoms with van der Waals surface area (Å²) in [6, 6.07) is 12.4. The second-order valence-corrected chi connectivity index (χ2v) is 13.4. The molecular weight excluding hydrogens is 597 g/mol. The van der Waals surface area contributed by atoms with Gasteiger partial charge in [0.05, 0.1) is 48.6 Å². The molecule has 0 radical (unpaired) electrons. The Morgan fingerprint density at radius 2 is 2.00 bits per heavy atom. The molecule has 6 rings (SSSR count). The minimum Gasteiger partial charge on any atom is -0.768 e. The summed E-state index contributed by atoms with van der Waals surface area (Å²) in [5.41, 5.74) is 2.81. The van der Waals surface area contributed by atoms with Gasteiger partial charge >= 0.3 is 0 Å². The van der Waals surface area contributed by atoms with Crippen molar-refractivity contribution in [1.82, 2.24) is 19.7 Å². The number of aryl methyl sites for hydroxylation is 1. The molecule has 2 atom stereocenters. The van der Waals surface area contributed by atoms with Gasteiger partial charge in [-0.3, -0.25) is 23.6 Å². The molecule has 2 aliphatic heterocycles. The summed E-state index contributed by atoms with van der Waals surface area (Å²) in [5, 5.41) is 7.78. The highest BCUT2D eigenvalue weighted by Crippen LogP contribution is 2.32. The molecule has 4 aromatic rings. The van der Waals surface area contributed by atoms with Crippen molar-refractivity contribution in [1.29, 1.82) is 0 Å². The number of likely N-dealkylation sites (tertiary alicyclic amines) is 1. The number of ether oxygens (including phenoxy) is 2. The van der Waals surface area contributed by atoms with E-state index in [4.69, 9.17) is 9.47 Å². The van der Waals surface area contributed by atoms with Gasteiger partial charge in [-0.1, -0.05) is 12.1 Å². The highest BCUT2D eigenvalue weighted by Gasteiger charge is 2.30. The molecule has 0 saturated carbocycles. The summed E-state index contributed by atoms with van der Waals surface area (Å²) in [7, 11) is 0. The van der Waals surface area contributed by atoms with Crippen molar-refractivity contribution in [2.24, 2.45) is 0 Å². The highest BCUT2D eigenvalue weighted by molar-refractivity contribution is 7.79. The van der Waals surface area contributed by atoms with Crippen LogP contribution in [-0.4, -0.2) is 72.8 Å². The number of carbonyl (C=O) groups excluding carboxylic acids is 1. The molecule has 2 aliphatic rings. The van der Waals surface area contributed by atoms with Gasteiger partial charge in [0.2, 0.25) is 5.91 Å². The number of rotatable bonds is 7. The Balaban J connectivity index is 0.000000336. The number of anilines is 1. The van der Waals surface area contributed by atoms with Crippen molar-refractivity contribution in [2.75, 3.05) is 31.6 Å². The Morgan fingerprint density at radius 3 is 2.64 bits per heavy atom. The Hall–Kier alpha value is -3.71. The van der Waals surface area contributed by atoms with Gasteiger partial charge < -0.3 is 19.3 Å². The van der Waals surface area contributed by atoms with Crippen molar-refractivity contribution in [3.63, 3.8) is 0 Å². The van der Waals surface area contributed by atoms with Gasteiger partial charge in [-0.05, 0) is 99.6 Å². The van der Waals surface area contributed by atoms with E-state index in [1.54, 1.807) is 35.3 Å². The van der Waals surface area contributed by atoms with Gasteiger partial charge in [-0.25, -0.2) is 4.39 Å². The number of piperidine rings is 1. The van der Waals surface area contributed by atoms with E-state index in [2.05, 4.69) is 20.3 Å². The maximum Gasteiger partial charge on any atom is 0.228 e. The van der Waals surface area contributed by atoms with Crippen molar-refractivity contribution >= 4 is 33.6 Å². The molecule has 0 bridgehead atoms. The van der Waals surface area contributed by atoms with Gasteiger partial charge in [0.1, 0.15) is 17.7 Å². The summed E-state index contributed by atoms with van der Waals surface area (Å²) in [6.45, 7) is 11.3. The van der Waals surface area contributed by atoms with E-state index in [0.717, 1.165) is 43.7 Å². The van der Waals surface area contributed by atoms with Crippen LogP contribution in [0.5, 0.6) is 11.5 Å². The average molecular weight is 639 g/mol. The molecule has 2 aromatic carbocycles. The van der Waals surface area contributed by atoms with Crippen LogP contribution in [-0.2, 0) is 32.6 Å². The molecule has 1 N–H and O–H groups in total. The first-order chi connectivity index (χ1) is 21.5. The first-order valence-corrected chi connectivity index (χ1v) is 16.1. The van der Waals surface area contributed by atoms with E-state index < -0.39 is 17.3 Å². The fraction of sp³-hybridized carbons (Fsp3) is 0.424. The van der Waals surface area contributed by atoms with Crippen LogP contribution in [0, 0.1) is 6.92 Å². The second-order valence-electron chi connectivity index (χ2n) is 12.4. The van der Waals surface area contributed by atoms with Crippen LogP contribution in [0.25, 0.3) is 10.9 Å². The number of nitrogens with zero attached hydrogens (tertiary/aromatic N) is 4. The molecule has 2 fully saturated rings. The van der Waals surface area contributed by atoms with Crippen molar-refractivity contribution in [2.45, 2.75) is 69.6 Å². The van der Waals surface area contributed by atoms with Crippen molar-refractivity contribution in [3.05, 3.63) is 72.2 Å². The standard InChI is InChI=1S/C25H26N4O4S.C8H14FNO.H2/c1-16-11-17(12-24(30)28-18-14-27-29(15-18)25(2,3)4)5-8-22(16)33-23-9-10-26-21-7-6-19(34(31)32)13-20(21)23;9-7-2-1-3-10(4-7)8-5-11-6-8;/h5-11,13-15H,12H2,1-4H3,(H,28,30)(H,31,32);7-8H,1-6H2;1H/p-1/t;7-;/m.1./s1. The van der Waals surface area contributed by atoms with Gasteiger partial charge in [-0.15, -0.1) is 0 Å². The Labute approximate surface area is 266 Å². The number of pyridine rings is 1. The predicted molar refractivity (Wildman–Crippen MR) is 172 cm³/mol. The smallest absolute Gasteiger partial charge is 0.228 e. The van der Waals surface area contributed by atoms with Crippen LogP contribution in [0.2, 0.25) is 0 Å². The summed E-state index contributed by atoms with van der Waals surface area (Å²) in [4.78, 5) is 19.2. The van der Waals surface area contributed by atoms with Crippen LogP contribution >= 0.6 is 0 Å². The van der Waals surface area contributed by atoms with Crippen LogP contribution in [0.15, 0.2) is 66.0 Å². The number of halogens is 1. The van der Waals surface area contributed by atoms with Crippen LogP contribution < -0.4 is 10.1 Å². The number of alkyl halides is 1. The van der Waals surface area contributed by atoms with E-state index >= 15 is 0 Å². The third-order valence-electron chi connectivity index (χ3n) is 7.78. The number of carbonyl (C=O) groups is 1. The zero-order valence-electron chi connectivity index (χ0n) is 26.0. The van der Waals surface area contributed by atoms with E-state index in [0.29, 0.717) is 40.7 Å². The van der Waals surface area contributed by atoms with E-state index in [1.807, 2.05) is 46.0 Å². The fourth-order valence-electron chi connectivity index (χ4n) is 5.21. The molecule has 45 heavy (non-hydrogen) atoms. The molecule has 0 aliphatic carbocycles. The number of hydrogen-bond acceptors (Lipinski definition) is 8. The first-order valence-electron chi connectivity index (χ1n) is 15.0. The monoisotopic (exact) mass is 638 g/mol. The average Bonchev–Trinajstić information content (AvgIpc) is 3.43. The van der Waals surface area contributed by atoms with E-state index in [-0.39, 0.29) is 24.2 Å². The van der Waals surface area contributed by atoms with Gasteiger partial charge in [0.15, 0.2) is 0 Å². The van der Waals surface area contributed by atoms with Crippen LogP contribution in [0.4, 0.5) is 10.1 Å².